The summed E-state index contributed by atoms with van der Waals surface area (Å²) in [5, 5.41) is 0.741. The van der Waals surface area contributed by atoms with E-state index in [0.717, 1.165) is 15.1 Å². The first-order chi connectivity index (χ1) is 8.58. The van der Waals surface area contributed by atoms with E-state index in [-0.39, 0.29) is 11.9 Å². The van der Waals surface area contributed by atoms with Crippen LogP contribution in [0.15, 0.2) is 50.9 Å². The Hall–Kier alpha value is -0.910. The van der Waals surface area contributed by atoms with Gasteiger partial charge in [0.1, 0.15) is 10.8 Å². The maximum absolute atomic E-state index is 13.9. The summed E-state index contributed by atoms with van der Waals surface area (Å²) in [7, 11) is 0. The number of aromatic nitrogens is 1. The SMILES string of the molecule is CC(N)c1ccc(Sc2ncccc2Br)c(F)c1. The third kappa shape index (κ3) is 3.10. The van der Waals surface area contributed by atoms with Gasteiger partial charge in [-0.15, -0.1) is 0 Å². The highest BCUT2D eigenvalue weighted by atomic mass is 79.9. The van der Waals surface area contributed by atoms with Crippen molar-refractivity contribution in [3.05, 3.63) is 52.4 Å². The molecule has 2 nitrogen and oxygen atoms in total. The first kappa shape index (κ1) is 13.5. The molecule has 1 heterocycles. The zero-order chi connectivity index (χ0) is 13.1. The summed E-state index contributed by atoms with van der Waals surface area (Å²) in [6.07, 6.45) is 1.68. The summed E-state index contributed by atoms with van der Waals surface area (Å²) in [4.78, 5) is 4.74. The highest BCUT2D eigenvalue weighted by Crippen LogP contribution is 2.33. The summed E-state index contributed by atoms with van der Waals surface area (Å²) in [5.74, 6) is -0.271. The average molecular weight is 327 g/mol. The molecule has 0 spiro atoms. The molecule has 94 valence electrons. The van der Waals surface area contributed by atoms with Crippen molar-refractivity contribution in [2.75, 3.05) is 0 Å². The Bertz CT molecular complexity index is 560. The minimum absolute atomic E-state index is 0.167. The van der Waals surface area contributed by atoms with E-state index in [0.29, 0.717) is 4.90 Å². The van der Waals surface area contributed by atoms with Gasteiger partial charge in [-0.25, -0.2) is 9.37 Å². The third-order valence-electron chi connectivity index (χ3n) is 2.41. The van der Waals surface area contributed by atoms with Gasteiger partial charge < -0.3 is 5.73 Å². The zero-order valence-electron chi connectivity index (χ0n) is 9.73. The Morgan fingerprint density at radius 1 is 1.39 bits per heavy atom. The molecule has 0 bridgehead atoms. The molecule has 1 aromatic heterocycles. The molecule has 0 aliphatic carbocycles. The molecule has 0 aliphatic heterocycles. The van der Waals surface area contributed by atoms with Crippen LogP contribution < -0.4 is 5.73 Å². The van der Waals surface area contributed by atoms with Gasteiger partial charge in [-0.3, -0.25) is 0 Å². The van der Waals surface area contributed by atoms with Crippen molar-refractivity contribution in [3.63, 3.8) is 0 Å². The molecule has 2 N–H and O–H groups in total. The fraction of sp³-hybridized carbons (Fsp3) is 0.154. The van der Waals surface area contributed by atoms with Crippen molar-refractivity contribution in [2.24, 2.45) is 5.73 Å². The molecule has 0 aliphatic rings. The molecular formula is C13H12BrFN2S. The van der Waals surface area contributed by atoms with Gasteiger partial charge in [-0.05, 0) is 52.7 Å². The van der Waals surface area contributed by atoms with E-state index in [2.05, 4.69) is 20.9 Å². The highest BCUT2D eigenvalue weighted by Gasteiger charge is 2.10. The molecule has 1 atom stereocenters. The van der Waals surface area contributed by atoms with Crippen LogP contribution in [0.4, 0.5) is 4.39 Å². The van der Waals surface area contributed by atoms with Crippen molar-refractivity contribution in [3.8, 4) is 0 Å². The van der Waals surface area contributed by atoms with Gasteiger partial charge in [0.15, 0.2) is 0 Å². The van der Waals surface area contributed by atoms with Crippen molar-refractivity contribution < 1.29 is 4.39 Å². The zero-order valence-corrected chi connectivity index (χ0v) is 12.1. The molecule has 5 heteroatoms. The summed E-state index contributed by atoms with van der Waals surface area (Å²) in [5.41, 5.74) is 6.50. The van der Waals surface area contributed by atoms with Crippen LogP contribution in [0.3, 0.4) is 0 Å². The van der Waals surface area contributed by atoms with E-state index in [1.165, 1.54) is 17.8 Å². The molecule has 0 amide bonds. The fourth-order valence-corrected chi connectivity index (χ4v) is 2.71. The lowest BCUT2D eigenvalue weighted by Gasteiger charge is -2.08. The standard InChI is InChI=1S/C13H12BrFN2S/c1-8(16)9-4-5-12(11(15)7-9)18-13-10(14)3-2-6-17-13/h2-8H,16H2,1H3. The number of rotatable bonds is 3. The highest BCUT2D eigenvalue weighted by molar-refractivity contribution is 9.10. The van der Waals surface area contributed by atoms with E-state index in [1.54, 1.807) is 12.3 Å². The molecule has 18 heavy (non-hydrogen) atoms. The second-order valence-electron chi connectivity index (χ2n) is 3.87. The normalized spacial score (nSPS) is 12.4. The Morgan fingerprint density at radius 3 is 2.78 bits per heavy atom. The summed E-state index contributed by atoms with van der Waals surface area (Å²) >= 11 is 4.68. The molecule has 0 saturated carbocycles. The quantitative estimate of drug-likeness (QED) is 0.920. The molecule has 1 aromatic carbocycles. The lowest BCUT2D eigenvalue weighted by atomic mass is 10.1. The molecule has 0 fully saturated rings. The Morgan fingerprint density at radius 2 is 2.17 bits per heavy atom. The maximum atomic E-state index is 13.9. The Kier molecular flexibility index (Phi) is 4.37. The van der Waals surface area contributed by atoms with Crippen LogP contribution in [0.25, 0.3) is 0 Å². The van der Waals surface area contributed by atoms with Crippen LogP contribution in [-0.4, -0.2) is 4.98 Å². The maximum Gasteiger partial charge on any atom is 0.137 e. The number of nitrogens with two attached hydrogens (primary N) is 1. The van der Waals surface area contributed by atoms with E-state index >= 15 is 0 Å². The van der Waals surface area contributed by atoms with Crippen molar-refractivity contribution in [2.45, 2.75) is 22.9 Å². The largest absolute Gasteiger partial charge is 0.324 e. The van der Waals surface area contributed by atoms with Gasteiger partial charge in [0, 0.05) is 17.1 Å². The summed E-state index contributed by atoms with van der Waals surface area (Å²) < 4.78 is 14.8. The van der Waals surface area contributed by atoms with Crippen molar-refractivity contribution >= 4 is 27.7 Å². The Balaban J connectivity index is 2.28. The number of halogens is 2. The smallest absolute Gasteiger partial charge is 0.137 e. The monoisotopic (exact) mass is 326 g/mol. The molecule has 0 radical (unpaired) electrons. The van der Waals surface area contributed by atoms with Crippen LogP contribution in [0.1, 0.15) is 18.5 Å². The topological polar surface area (TPSA) is 38.9 Å². The average Bonchev–Trinajstić information content (AvgIpc) is 2.34. The first-order valence-corrected chi connectivity index (χ1v) is 7.02. The summed E-state index contributed by atoms with van der Waals surface area (Å²) in [6, 6.07) is 8.59. The molecular weight excluding hydrogens is 315 g/mol. The number of pyridine rings is 1. The first-order valence-electron chi connectivity index (χ1n) is 5.41. The van der Waals surface area contributed by atoms with Crippen LogP contribution in [0.2, 0.25) is 0 Å². The molecule has 2 aromatic rings. The number of hydrogen-bond acceptors (Lipinski definition) is 3. The van der Waals surface area contributed by atoms with Gasteiger partial charge in [-0.2, -0.15) is 0 Å². The second-order valence-corrected chi connectivity index (χ2v) is 5.76. The molecule has 0 saturated heterocycles. The minimum atomic E-state index is -0.271. The van der Waals surface area contributed by atoms with Crippen LogP contribution in [0, 0.1) is 5.82 Å². The van der Waals surface area contributed by atoms with Gasteiger partial charge in [0.25, 0.3) is 0 Å². The van der Waals surface area contributed by atoms with E-state index in [4.69, 9.17) is 5.73 Å². The lowest BCUT2D eigenvalue weighted by molar-refractivity contribution is 0.596. The van der Waals surface area contributed by atoms with Crippen LogP contribution in [-0.2, 0) is 0 Å². The van der Waals surface area contributed by atoms with Crippen LogP contribution >= 0.6 is 27.7 Å². The van der Waals surface area contributed by atoms with Gasteiger partial charge in [0.2, 0.25) is 0 Å². The Labute approximate surface area is 118 Å². The number of hydrogen-bond donors (Lipinski definition) is 1. The van der Waals surface area contributed by atoms with Gasteiger partial charge >= 0.3 is 0 Å². The predicted molar refractivity (Wildman–Crippen MR) is 75.1 cm³/mol. The van der Waals surface area contributed by atoms with E-state index < -0.39 is 0 Å². The van der Waals surface area contributed by atoms with Crippen molar-refractivity contribution in [1.29, 1.82) is 0 Å². The third-order valence-corrected chi connectivity index (χ3v) is 4.39. The lowest BCUT2D eigenvalue weighted by Crippen LogP contribution is -2.05. The van der Waals surface area contributed by atoms with E-state index in [1.807, 2.05) is 25.1 Å². The number of benzene rings is 1. The van der Waals surface area contributed by atoms with Crippen molar-refractivity contribution in [1.82, 2.24) is 4.98 Å². The summed E-state index contributed by atoms with van der Waals surface area (Å²) in [6.45, 7) is 1.83. The number of nitrogens with zero attached hydrogens (tertiary/aromatic N) is 1. The molecule has 2 rings (SSSR count). The second kappa shape index (κ2) is 5.82. The predicted octanol–water partition coefficient (Wildman–Crippen LogP) is 4.15. The van der Waals surface area contributed by atoms with E-state index in [9.17, 15) is 4.39 Å². The molecule has 1 unspecified atom stereocenters. The van der Waals surface area contributed by atoms with Gasteiger partial charge in [0.05, 0.1) is 4.47 Å². The minimum Gasteiger partial charge on any atom is -0.324 e. The van der Waals surface area contributed by atoms with Gasteiger partial charge in [-0.1, -0.05) is 17.8 Å². The van der Waals surface area contributed by atoms with Crippen LogP contribution in [0.5, 0.6) is 0 Å². The fourth-order valence-electron chi connectivity index (χ4n) is 1.43.